The van der Waals surface area contributed by atoms with Gasteiger partial charge < -0.3 is 20.4 Å². The van der Waals surface area contributed by atoms with Crippen molar-refractivity contribution in [2.75, 3.05) is 17.2 Å². The predicted molar refractivity (Wildman–Crippen MR) is 142 cm³/mol. The van der Waals surface area contributed by atoms with Crippen LogP contribution in [0.25, 0.3) is 21.3 Å². The zero-order valence-corrected chi connectivity index (χ0v) is 20.5. The Kier molecular flexibility index (Phi) is 7.01. The van der Waals surface area contributed by atoms with Gasteiger partial charge in [0.1, 0.15) is 5.75 Å². The van der Waals surface area contributed by atoms with Crippen molar-refractivity contribution in [3.8, 4) is 16.2 Å². The average molecular weight is 509 g/mol. The summed E-state index contributed by atoms with van der Waals surface area (Å²) in [6.07, 6.45) is 9.14. The maximum Gasteiger partial charge on any atom is 0.323 e. The van der Waals surface area contributed by atoms with Gasteiger partial charge >= 0.3 is 6.03 Å². The summed E-state index contributed by atoms with van der Waals surface area (Å²) < 4.78 is 6.32. The number of hydrogen-bond donors (Lipinski definition) is 3. The number of hydrogen-bond acceptors (Lipinski definition) is 5. The number of rotatable bonds is 7. The van der Waals surface area contributed by atoms with Gasteiger partial charge in [0.2, 0.25) is 0 Å². The first-order valence-corrected chi connectivity index (χ1v) is 12.9. The number of thiophene rings is 1. The van der Waals surface area contributed by atoms with E-state index in [9.17, 15) is 9.59 Å². The van der Waals surface area contributed by atoms with Gasteiger partial charge in [-0.1, -0.05) is 43.4 Å². The Morgan fingerprint density at radius 2 is 1.97 bits per heavy atom. The molecule has 3 heterocycles. The number of amides is 2. The van der Waals surface area contributed by atoms with Crippen molar-refractivity contribution in [1.29, 1.82) is 0 Å². The number of aromatic amines is 1. The fourth-order valence-corrected chi connectivity index (χ4v) is 5.50. The molecular weight excluding hydrogens is 484 g/mol. The molecule has 1 aliphatic rings. The maximum atomic E-state index is 13.1. The third-order valence-corrected chi connectivity index (χ3v) is 7.46. The van der Waals surface area contributed by atoms with Crippen molar-refractivity contribution in [2.45, 2.75) is 32.1 Å². The second-order valence-electron chi connectivity index (χ2n) is 8.62. The number of urea groups is 1. The highest BCUT2D eigenvalue weighted by Crippen LogP contribution is 2.39. The van der Waals surface area contributed by atoms with Crippen molar-refractivity contribution in [3.05, 3.63) is 69.5 Å². The minimum absolute atomic E-state index is 0.233. The number of pyridine rings is 2. The summed E-state index contributed by atoms with van der Waals surface area (Å²) >= 11 is 7.95. The molecule has 9 heteroatoms. The van der Waals surface area contributed by atoms with Gasteiger partial charge in [0.25, 0.3) is 5.56 Å². The van der Waals surface area contributed by atoms with E-state index in [1.807, 2.05) is 17.5 Å². The molecule has 0 saturated heterocycles. The summed E-state index contributed by atoms with van der Waals surface area (Å²) in [4.78, 5) is 33.4. The van der Waals surface area contributed by atoms with E-state index in [2.05, 4.69) is 20.6 Å². The van der Waals surface area contributed by atoms with Gasteiger partial charge in [-0.25, -0.2) is 4.79 Å². The number of ether oxygens (including phenoxy) is 1. The molecule has 180 valence electrons. The molecule has 1 saturated carbocycles. The minimum Gasteiger partial charge on any atom is -0.492 e. The number of aromatic nitrogens is 2. The van der Waals surface area contributed by atoms with Crippen LogP contribution in [0.4, 0.5) is 16.2 Å². The zero-order valence-electron chi connectivity index (χ0n) is 19.0. The lowest BCUT2D eigenvalue weighted by molar-refractivity contribution is 0.262. The van der Waals surface area contributed by atoms with Crippen LogP contribution in [0.5, 0.6) is 5.75 Å². The first-order valence-electron chi connectivity index (χ1n) is 11.6. The number of carbonyl (C=O) groups is 1. The Balaban J connectivity index is 1.50. The minimum atomic E-state index is -0.441. The van der Waals surface area contributed by atoms with Gasteiger partial charge in [0, 0.05) is 28.3 Å². The molecule has 3 N–H and O–H groups in total. The molecule has 35 heavy (non-hydrogen) atoms. The molecule has 0 bridgehead atoms. The highest BCUT2D eigenvalue weighted by molar-refractivity contribution is 7.13. The van der Waals surface area contributed by atoms with Gasteiger partial charge in [-0.05, 0) is 48.1 Å². The van der Waals surface area contributed by atoms with Crippen LogP contribution in [0.15, 0.2) is 59.0 Å². The Morgan fingerprint density at radius 3 is 2.71 bits per heavy atom. The van der Waals surface area contributed by atoms with Gasteiger partial charge in [-0.15, -0.1) is 11.3 Å². The lowest BCUT2D eigenvalue weighted by Gasteiger charge is -2.17. The van der Waals surface area contributed by atoms with E-state index in [4.69, 9.17) is 16.3 Å². The number of benzene rings is 1. The normalized spacial score (nSPS) is 13.7. The molecule has 3 aromatic heterocycles. The molecule has 4 aromatic rings. The van der Waals surface area contributed by atoms with E-state index in [1.54, 1.807) is 36.7 Å². The van der Waals surface area contributed by atoms with Crippen molar-refractivity contribution in [2.24, 2.45) is 5.92 Å². The third-order valence-electron chi connectivity index (χ3n) is 6.26. The first-order chi connectivity index (χ1) is 17.1. The van der Waals surface area contributed by atoms with Crippen molar-refractivity contribution < 1.29 is 9.53 Å². The topological polar surface area (TPSA) is 96.1 Å². The summed E-state index contributed by atoms with van der Waals surface area (Å²) in [7, 11) is 0. The third kappa shape index (κ3) is 5.33. The predicted octanol–water partition coefficient (Wildman–Crippen LogP) is 6.91. The lowest BCUT2D eigenvalue weighted by Crippen LogP contribution is -2.20. The standard InChI is InChI=1S/C26H25ClN4O3S/c27-19-15-20-18(14-21(19)31-26(33)29-17-7-10-28-11-8-17)24(34-12-9-16-4-1-2-5-16)23(25(32)30-20)22-6-3-13-35-22/h3,6-8,10-11,13-16H,1-2,4-5,9,12H2,(H,30,32)(H2,28,29,31,33). The molecule has 1 aromatic carbocycles. The van der Waals surface area contributed by atoms with Crippen molar-refractivity contribution in [1.82, 2.24) is 9.97 Å². The maximum absolute atomic E-state index is 13.1. The first kappa shape index (κ1) is 23.4. The van der Waals surface area contributed by atoms with Crippen LogP contribution >= 0.6 is 22.9 Å². The highest BCUT2D eigenvalue weighted by atomic mass is 35.5. The summed E-state index contributed by atoms with van der Waals surface area (Å²) in [5.41, 5.74) is 1.83. The Morgan fingerprint density at radius 1 is 1.17 bits per heavy atom. The fraction of sp³-hybridized carbons (Fsp3) is 0.269. The van der Waals surface area contributed by atoms with Gasteiger partial charge in [0.15, 0.2) is 0 Å². The summed E-state index contributed by atoms with van der Waals surface area (Å²) in [5.74, 6) is 1.18. The number of fused-ring (bicyclic) bond motifs is 1. The number of carbonyl (C=O) groups excluding carboxylic acids is 1. The molecule has 0 unspecified atom stereocenters. The van der Waals surface area contributed by atoms with Crippen LogP contribution in [-0.4, -0.2) is 22.6 Å². The summed E-state index contributed by atoms with van der Waals surface area (Å²) in [5, 5.41) is 8.47. The Labute approximate surface area is 211 Å². The van der Waals surface area contributed by atoms with Crippen molar-refractivity contribution in [3.63, 3.8) is 0 Å². The highest BCUT2D eigenvalue weighted by Gasteiger charge is 2.21. The van der Waals surface area contributed by atoms with E-state index < -0.39 is 6.03 Å². The second-order valence-corrected chi connectivity index (χ2v) is 9.97. The Hall–Kier alpha value is -3.36. The quantitative estimate of drug-likeness (QED) is 0.253. The van der Waals surface area contributed by atoms with Gasteiger partial charge in [-0.3, -0.25) is 9.78 Å². The molecule has 2 amide bonds. The SMILES string of the molecule is O=C(Nc1ccncc1)Nc1cc2c(OCCC3CCCC3)c(-c3cccs3)c(=O)[nH]c2cc1Cl. The molecule has 0 atom stereocenters. The number of nitrogens with one attached hydrogen (secondary N) is 3. The van der Waals surface area contributed by atoms with E-state index in [-0.39, 0.29) is 5.56 Å². The van der Waals surface area contributed by atoms with E-state index in [1.165, 1.54) is 37.0 Å². The molecule has 0 aliphatic heterocycles. The van der Waals surface area contributed by atoms with Gasteiger partial charge in [0.05, 0.1) is 28.4 Å². The van der Waals surface area contributed by atoms with E-state index in [0.717, 1.165) is 11.3 Å². The Bertz CT molecular complexity index is 1380. The van der Waals surface area contributed by atoms with E-state index in [0.29, 0.717) is 51.1 Å². The smallest absolute Gasteiger partial charge is 0.323 e. The van der Waals surface area contributed by atoms with Crippen LogP contribution in [0.2, 0.25) is 5.02 Å². The van der Waals surface area contributed by atoms with E-state index >= 15 is 0 Å². The summed E-state index contributed by atoms with van der Waals surface area (Å²) in [6, 6.07) is 10.1. The number of halogens is 1. The second kappa shape index (κ2) is 10.5. The monoisotopic (exact) mass is 508 g/mol. The molecule has 0 spiro atoms. The molecular formula is C26H25ClN4O3S. The van der Waals surface area contributed by atoms with Crippen LogP contribution in [0.1, 0.15) is 32.1 Å². The van der Waals surface area contributed by atoms with Gasteiger partial charge in [-0.2, -0.15) is 0 Å². The van der Waals surface area contributed by atoms with Crippen LogP contribution < -0.4 is 20.9 Å². The molecule has 1 fully saturated rings. The number of H-pyrrole nitrogens is 1. The number of anilines is 2. The van der Waals surface area contributed by atoms with Crippen LogP contribution in [0, 0.1) is 5.92 Å². The molecule has 5 rings (SSSR count). The molecule has 7 nitrogen and oxygen atoms in total. The summed E-state index contributed by atoms with van der Waals surface area (Å²) in [6.45, 7) is 0.523. The average Bonchev–Trinajstić information content (AvgIpc) is 3.55. The van der Waals surface area contributed by atoms with Crippen molar-refractivity contribution >= 4 is 51.2 Å². The fourth-order valence-electron chi connectivity index (χ4n) is 4.52. The lowest BCUT2D eigenvalue weighted by atomic mass is 10.0. The number of nitrogens with zero attached hydrogens (tertiary/aromatic N) is 1. The van der Waals surface area contributed by atoms with Crippen LogP contribution in [-0.2, 0) is 0 Å². The molecule has 1 aliphatic carbocycles. The largest absolute Gasteiger partial charge is 0.492 e. The zero-order chi connectivity index (χ0) is 24.2. The molecule has 0 radical (unpaired) electrons. The van der Waals surface area contributed by atoms with Crippen LogP contribution in [0.3, 0.4) is 0 Å².